The SMILES string of the molecule is Cl.NCc1ccc2c(c1)CCCC2=O. The lowest BCUT2D eigenvalue weighted by atomic mass is 9.89. The molecule has 2 rings (SSSR count). The first-order valence-corrected chi connectivity index (χ1v) is 4.66. The molecule has 0 radical (unpaired) electrons. The number of halogens is 1. The van der Waals surface area contributed by atoms with Gasteiger partial charge < -0.3 is 5.73 Å². The van der Waals surface area contributed by atoms with Gasteiger partial charge in [-0.25, -0.2) is 0 Å². The summed E-state index contributed by atoms with van der Waals surface area (Å²) >= 11 is 0. The molecule has 3 heteroatoms. The zero-order valence-corrected chi connectivity index (χ0v) is 8.77. The van der Waals surface area contributed by atoms with Gasteiger partial charge in [0.25, 0.3) is 0 Å². The van der Waals surface area contributed by atoms with Crippen LogP contribution in [0.5, 0.6) is 0 Å². The molecule has 2 N–H and O–H groups in total. The summed E-state index contributed by atoms with van der Waals surface area (Å²) in [6.45, 7) is 0.557. The van der Waals surface area contributed by atoms with Gasteiger partial charge in [-0.1, -0.05) is 18.2 Å². The molecule has 0 fully saturated rings. The van der Waals surface area contributed by atoms with E-state index in [1.807, 2.05) is 12.1 Å². The van der Waals surface area contributed by atoms with E-state index in [9.17, 15) is 4.79 Å². The van der Waals surface area contributed by atoms with Gasteiger partial charge in [-0.3, -0.25) is 4.79 Å². The summed E-state index contributed by atoms with van der Waals surface area (Å²) in [5.41, 5.74) is 8.74. The van der Waals surface area contributed by atoms with E-state index in [4.69, 9.17) is 5.73 Å². The van der Waals surface area contributed by atoms with Crippen LogP contribution in [0, 0.1) is 0 Å². The molecule has 1 aliphatic carbocycles. The normalized spacial score (nSPS) is 14.5. The average Bonchev–Trinajstić information content (AvgIpc) is 2.18. The summed E-state index contributed by atoms with van der Waals surface area (Å²) < 4.78 is 0. The van der Waals surface area contributed by atoms with Gasteiger partial charge in [0.1, 0.15) is 0 Å². The molecule has 0 saturated heterocycles. The maximum absolute atomic E-state index is 11.5. The van der Waals surface area contributed by atoms with E-state index in [2.05, 4.69) is 6.07 Å². The second-order valence-electron chi connectivity index (χ2n) is 3.47. The second-order valence-corrected chi connectivity index (χ2v) is 3.47. The summed E-state index contributed by atoms with van der Waals surface area (Å²) in [6, 6.07) is 5.92. The summed E-state index contributed by atoms with van der Waals surface area (Å²) in [7, 11) is 0. The average molecular weight is 212 g/mol. The van der Waals surface area contributed by atoms with Gasteiger partial charge in [0.15, 0.2) is 5.78 Å². The third-order valence-corrected chi connectivity index (χ3v) is 2.56. The van der Waals surface area contributed by atoms with Crippen molar-refractivity contribution < 1.29 is 4.79 Å². The Morgan fingerprint density at radius 2 is 2.07 bits per heavy atom. The van der Waals surface area contributed by atoms with Gasteiger partial charge in [-0.05, 0) is 24.0 Å². The Morgan fingerprint density at radius 3 is 2.79 bits per heavy atom. The number of benzene rings is 1. The zero-order valence-electron chi connectivity index (χ0n) is 7.95. The Labute approximate surface area is 89.9 Å². The standard InChI is InChI=1S/C11H13NO.ClH/c12-7-8-4-5-10-9(6-8)2-1-3-11(10)13;/h4-6H,1-3,7,12H2;1H. The molecule has 0 atom stereocenters. The molecular weight excluding hydrogens is 198 g/mol. The quantitative estimate of drug-likeness (QED) is 0.773. The fraction of sp³-hybridized carbons (Fsp3) is 0.364. The maximum atomic E-state index is 11.5. The van der Waals surface area contributed by atoms with E-state index in [0.717, 1.165) is 24.0 Å². The predicted molar refractivity (Wildman–Crippen MR) is 58.8 cm³/mol. The third-order valence-electron chi connectivity index (χ3n) is 2.56. The van der Waals surface area contributed by atoms with Gasteiger partial charge in [0.2, 0.25) is 0 Å². The van der Waals surface area contributed by atoms with Crippen LogP contribution in [-0.2, 0) is 13.0 Å². The first kappa shape index (κ1) is 11.2. The lowest BCUT2D eigenvalue weighted by Crippen LogP contribution is -2.11. The minimum atomic E-state index is 0. The van der Waals surface area contributed by atoms with Crippen molar-refractivity contribution in [2.24, 2.45) is 5.73 Å². The molecule has 14 heavy (non-hydrogen) atoms. The second kappa shape index (κ2) is 4.58. The lowest BCUT2D eigenvalue weighted by molar-refractivity contribution is 0.0972. The molecule has 0 aromatic heterocycles. The van der Waals surface area contributed by atoms with Crippen molar-refractivity contribution in [2.75, 3.05) is 0 Å². The molecule has 0 aliphatic heterocycles. The maximum Gasteiger partial charge on any atom is 0.163 e. The summed E-state index contributed by atoms with van der Waals surface area (Å²) in [4.78, 5) is 11.5. The van der Waals surface area contributed by atoms with Gasteiger partial charge in [-0.15, -0.1) is 12.4 Å². The fourth-order valence-electron chi connectivity index (χ4n) is 1.83. The van der Waals surface area contributed by atoms with Crippen molar-refractivity contribution in [3.8, 4) is 0 Å². The van der Waals surface area contributed by atoms with Gasteiger partial charge in [0, 0.05) is 18.5 Å². The van der Waals surface area contributed by atoms with Gasteiger partial charge in [0.05, 0.1) is 0 Å². The monoisotopic (exact) mass is 211 g/mol. The van der Waals surface area contributed by atoms with Crippen molar-refractivity contribution >= 4 is 18.2 Å². The van der Waals surface area contributed by atoms with Crippen LogP contribution in [0.25, 0.3) is 0 Å². The Morgan fingerprint density at radius 1 is 1.29 bits per heavy atom. The molecule has 1 aromatic rings. The molecule has 1 aromatic carbocycles. The molecule has 76 valence electrons. The summed E-state index contributed by atoms with van der Waals surface area (Å²) in [5.74, 6) is 0.282. The summed E-state index contributed by atoms with van der Waals surface area (Å²) in [5, 5.41) is 0. The van der Waals surface area contributed by atoms with E-state index in [1.165, 1.54) is 5.56 Å². The van der Waals surface area contributed by atoms with Crippen LogP contribution in [0.15, 0.2) is 18.2 Å². The van der Waals surface area contributed by atoms with Crippen molar-refractivity contribution in [3.63, 3.8) is 0 Å². The van der Waals surface area contributed by atoms with E-state index in [0.29, 0.717) is 13.0 Å². The minimum absolute atomic E-state index is 0. The van der Waals surface area contributed by atoms with Crippen molar-refractivity contribution in [1.82, 2.24) is 0 Å². The van der Waals surface area contributed by atoms with Gasteiger partial charge >= 0.3 is 0 Å². The van der Waals surface area contributed by atoms with Crippen LogP contribution in [-0.4, -0.2) is 5.78 Å². The molecule has 0 spiro atoms. The highest BCUT2D eigenvalue weighted by Gasteiger charge is 2.16. The number of carbonyl (C=O) groups excluding carboxylic acids is 1. The Hall–Kier alpha value is -0.860. The molecule has 1 aliphatic rings. The number of aryl methyl sites for hydroxylation is 1. The molecule has 0 saturated carbocycles. The van der Waals surface area contributed by atoms with Crippen LogP contribution in [0.1, 0.15) is 34.3 Å². The number of rotatable bonds is 1. The van der Waals surface area contributed by atoms with Crippen molar-refractivity contribution in [3.05, 3.63) is 34.9 Å². The first-order chi connectivity index (χ1) is 6.31. The zero-order chi connectivity index (χ0) is 9.26. The number of Topliss-reactive ketones (excluding diaryl/α,β-unsaturated/α-hetero) is 1. The van der Waals surface area contributed by atoms with E-state index in [1.54, 1.807) is 0 Å². The first-order valence-electron chi connectivity index (χ1n) is 4.66. The highest BCUT2D eigenvalue weighted by Crippen LogP contribution is 2.21. The van der Waals surface area contributed by atoms with Crippen molar-refractivity contribution in [2.45, 2.75) is 25.8 Å². The Kier molecular flexibility index (Phi) is 3.67. The number of ketones is 1. The predicted octanol–water partition coefficient (Wildman–Crippen LogP) is 2.09. The third kappa shape index (κ3) is 1.97. The number of hydrogen-bond acceptors (Lipinski definition) is 2. The van der Waals surface area contributed by atoms with Crippen LogP contribution in [0.2, 0.25) is 0 Å². The highest BCUT2D eigenvalue weighted by atomic mass is 35.5. The van der Waals surface area contributed by atoms with Crippen LogP contribution in [0.3, 0.4) is 0 Å². The number of hydrogen-bond donors (Lipinski definition) is 1. The summed E-state index contributed by atoms with van der Waals surface area (Å²) in [6.07, 6.45) is 2.71. The van der Waals surface area contributed by atoms with E-state index >= 15 is 0 Å². The molecule has 0 heterocycles. The van der Waals surface area contributed by atoms with Crippen molar-refractivity contribution in [1.29, 1.82) is 0 Å². The van der Waals surface area contributed by atoms with E-state index in [-0.39, 0.29) is 18.2 Å². The Balaban J connectivity index is 0.000000980. The fourth-order valence-corrected chi connectivity index (χ4v) is 1.83. The topological polar surface area (TPSA) is 43.1 Å². The smallest absolute Gasteiger partial charge is 0.163 e. The van der Waals surface area contributed by atoms with Crippen LogP contribution in [0.4, 0.5) is 0 Å². The minimum Gasteiger partial charge on any atom is -0.326 e. The largest absolute Gasteiger partial charge is 0.326 e. The Bertz CT molecular complexity index is 349. The van der Waals surface area contributed by atoms with Gasteiger partial charge in [-0.2, -0.15) is 0 Å². The van der Waals surface area contributed by atoms with Crippen LogP contribution >= 0.6 is 12.4 Å². The van der Waals surface area contributed by atoms with E-state index < -0.39 is 0 Å². The number of fused-ring (bicyclic) bond motifs is 1. The molecule has 2 nitrogen and oxygen atoms in total. The highest BCUT2D eigenvalue weighted by molar-refractivity contribution is 5.98. The number of nitrogens with two attached hydrogens (primary N) is 1. The number of carbonyl (C=O) groups is 1. The van der Waals surface area contributed by atoms with Crippen LogP contribution < -0.4 is 5.73 Å². The molecule has 0 bridgehead atoms. The lowest BCUT2D eigenvalue weighted by Gasteiger charge is -2.14. The molecular formula is C11H14ClNO. The molecule has 0 unspecified atom stereocenters. The molecule has 0 amide bonds.